The van der Waals surface area contributed by atoms with Gasteiger partial charge >= 0.3 is 18.6 Å². The third-order valence-corrected chi connectivity index (χ3v) is 2.04. The number of benzene rings is 1. The lowest BCUT2D eigenvalue weighted by Crippen LogP contribution is -2.34. The first-order valence-corrected chi connectivity index (χ1v) is 5.76. The molecule has 20 heavy (non-hydrogen) atoms. The molecule has 0 saturated carbocycles. The van der Waals surface area contributed by atoms with Crippen LogP contribution in [0.4, 0.5) is 19.3 Å². The first-order chi connectivity index (χ1) is 9.51. The summed E-state index contributed by atoms with van der Waals surface area (Å²) in [5, 5.41) is 4.71. The summed E-state index contributed by atoms with van der Waals surface area (Å²) in [5.74, 6) is -0.569. The van der Waals surface area contributed by atoms with Crippen LogP contribution in [0.5, 0.6) is 5.75 Å². The van der Waals surface area contributed by atoms with E-state index in [1.807, 2.05) is 0 Å². The van der Waals surface area contributed by atoms with Crippen LogP contribution in [-0.4, -0.2) is 31.8 Å². The Morgan fingerprint density at radius 2 is 1.90 bits per heavy atom. The van der Waals surface area contributed by atoms with Crippen LogP contribution >= 0.6 is 0 Å². The summed E-state index contributed by atoms with van der Waals surface area (Å²) >= 11 is 0. The van der Waals surface area contributed by atoms with Gasteiger partial charge in [-0.05, 0) is 31.2 Å². The van der Waals surface area contributed by atoms with Gasteiger partial charge in [0.2, 0.25) is 0 Å². The number of rotatable bonds is 6. The molecule has 0 unspecified atom stereocenters. The van der Waals surface area contributed by atoms with E-state index in [1.165, 1.54) is 24.3 Å². The third-order valence-electron chi connectivity index (χ3n) is 2.04. The Balaban J connectivity index is 2.40. The van der Waals surface area contributed by atoms with Crippen molar-refractivity contribution in [3.63, 3.8) is 0 Å². The lowest BCUT2D eigenvalue weighted by atomic mass is 10.3. The van der Waals surface area contributed by atoms with E-state index in [2.05, 4.69) is 20.1 Å². The quantitative estimate of drug-likeness (QED) is 0.785. The standard InChI is InChI=1S/C12H14F2N2O4/c1-2-19-10(17)7-15-12(18)16-8-3-5-9(6-4-8)20-11(13)14/h3-6,11H,2,7H2,1H3,(H2,15,16,18). The Labute approximate surface area is 114 Å². The Bertz CT molecular complexity index is 451. The summed E-state index contributed by atoms with van der Waals surface area (Å²) in [5.41, 5.74) is 0.368. The van der Waals surface area contributed by atoms with Gasteiger partial charge in [0.15, 0.2) is 0 Å². The molecule has 6 nitrogen and oxygen atoms in total. The number of halogens is 2. The number of carbonyl (C=O) groups is 2. The summed E-state index contributed by atoms with van der Waals surface area (Å²) in [6.45, 7) is -1.28. The zero-order valence-corrected chi connectivity index (χ0v) is 10.7. The molecule has 1 aromatic rings. The Morgan fingerprint density at radius 1 is 1.25 bits per heavy atom. The SMILES string of the molecule is CCOC(=O)CNC(=O)Nc1ccc(OC(F)F)cc1. The van der Waals surface area contributed by atoms with Crippen LogP contribution in [0.1, 0.15) is 6.92 Å². The third kappa shape index (κ3) is 5.98. The summed E-state index contributed by atoms with van der Waals surface area (Å²) in [6, 6.07) is 4.74. The number of anilines is 1. The number of hydrogen-bond donors (Lipinski definition) is 2. The van der Waals surface area contributed by atoms with Crippen LogP contribution in [0.25, 0.3) is 0 Å². The average molecular weight is 288 g/mol. The van der Waals surface area contributed by atoms with Gasteiger partial charge in [-0.25, -0.2) is 4.79 Å². The molecule has 0 heterocycles. The number of esters is 1. The molecular weight excluding hydrogens is 274 g/mol. The van der Waals surface area contributed by atoms with Crippen molar-refractivity contribution in [3.8, 4) is 5.75 Å². The van der Waals surface area contributed by atoms with Gasteiger partial charge in [-0.15, -0.1) is 0 Å². The number of alkyl halides is 2. The monoisotopic (exact) mass is 288 g/mol. The molecule has 2 amide bonds. The van der Waals surface area contributed by atoms with E-state index in [-0.39, 0.29) is 18.9 Å². The highest BCUT2D eigenvalue weighted by molar-refractivity contribution is 5.91. The summed E-state index contributed by atoms with van der Waals surface area (Å²) in [7, 11) is 0. The Morgan fingerprint density at radius 3 is 2.45 bits per heavy atom. The summed E-state index contributed by atoms with van der Waals surface area (Å²) in [4.78, 5) is 22.4. The van der Waals surface area contributed by atoms with Crippen molar-refractivity contribution in [1.82, 2.24) is 5.32 Å². The van der Waals surface area contributed by atoms with Gasteiger partial charge in [-0.2, -0.15) is 8.78 Å². The maximum atomic E-state index is 11.9. The van der Waals surface area contributed by atoms with Gasteiger partial charge in [-0.3, -0.25) is 4.79 Å². The van der Waals surface area contributed by atoms with Crippen LogP contribution < -0.4 is 15.4 Å². The minimum absolute atomic E-state index is 0.0162. The number of urea groups is 1. The van der Waals surface area contributed by atoms with Crippen LogP contribution in [-0.2, 0) is 9.53 Å². The van der Waals surface area contributed by atoms with Crippen LogP contribution in [0, 0.1) is 0 Å². The molecule has 0 aliphatic heterocycles. The summed E-state index contributed by atoms with van der Waals surface area (Å²) < 4.78 is 32.6. The fourth-order valence-corrected chi connectivity index (χ4v) is 1.26. The molecule has 110 valence electrons. The second kappa shape index (κ2) is 7.93. The van der Waals surface area contributed by atoms with Crippen LogP contribution in [0.3, 0.4) is 0 Å². The fourth-order valence-electron chi connectivity index (χ4n) is 1.26. The molecule has 0 radical (unpaired) electrons. The van der Waals surface area contributed by atoms with Crippen molar-refractivity contribution in [3.05, 3.63) is 24.3 Å². The summed E-state index contributed by atoms with van der Waals surface area (Å²) in [6.07, 6.45) is 0. The van der Waals surface area contributed by atoms with Gasteiger partial charge in [0, 0.05) is 5.69 Å². The molecule has 2 N–H and O–H groups in total. The molecule has 0 bridgehead atoms. The van der Waals surface area contributed by atoms with Crippen molar-refractivity contribution < 1.29 is 27.8 Å². The highest BCUT2D eigenvalue weighted by Gasteiger charge is 2.07. The van der Waals surface area contributed by atoms with Crippen LogP contribution in [0.2, 0.25) is 0 Å². The number of hydrogen-bond acceptors (Lipinski definition) is 4. The maximum absolute atomic E-state index is 11.9. The smallest absolute Gasteiger partial charge is 0.387 e. The number of carbonyl (C=O) groups excluding carboxylic acids is 2. The van der Waals surface area contributed by atoms with Crippen molar-refractivity contribution >= 4 is 17.7 Å². The molecule has 8 heteroatoms. The number of amides is 2. The number of nitrogens with one attached hydrogen (secondary N) is 2. The highest BCUT2D eigenvalue weighted by atomic mass is 19.3. The fraction of sp³-hybridized carbons (Fsp3) is 0.333. The van der Waals surface area contributed by atoms with Crippen molar-refractivity contribution in [2.24, 2.45) is 0 Å². The lowest BCUT2D eigenvalue weighted by Gasteiger charge is -2.08. The largest absolute Gasteiger partial charge is 0.465 e. The van der Waals surface area contributed by atoms with Gasteiger partial charge in [-0.1, -0.05) is 0 Å². The topological polar surface area (TPSA) is 76.7 Å². The van der Waals surface area contributed by atoms with Gasteiger partial charge in [0.1, 0.15) is 12.3 Å². The molecule has 0 spiro atoms. The molecule has 0 aromatic heterocycles. The van der Waals surface area contributed by atoms with Crippen LogP contribution in [0.15, 0.2) is 24.3 Å². The van der Waals surface area contributed by atoms with E-state index in [0.717, 1.165) is 0 Å². The minimum atomic E-state index is -2.90. The highest BCUT2D eigenvalue weighted by Crippen LogP contribution is 2.17. The van der Waals surface area contributed by atoms with Crippen molar-refractivity contribution in [1.29, 1.82) is 0 Å². The van der Waals surface area contributed by atoms with Gasteiger partial charge in [0.05, 0.1) is 6.61 Å². The number of ether oxygens (including phenoxy) is 2. The van der Waals surface area contributed by atoms with E-state index in [0.29, 0.717) is 5.69 Å². The Hall–Kier alpha value is -2.38. The zero-order chi connectivity index (χ0) is 15.0. The van der Waals surface area contributed by atoms with Gasteiger partial charge < -0.3 is 20.1 Å². The molecule has 1 aromatic carbocycles. The molecular formula is C12H14F2N2O4. The van der Waals surface area contributed by atoms with Gasteiger partial charge in [0.25, 0.3) is 0 Å². The minimum Gasteiger partial charge on any atom is -0.465 e. The molecule has 0 fully saturated rings. The molecule has 1 rings (SSSR count). The molecule has 0 saturated heterocycles. The second-order valence-corrected chi connectivity index (χ2v) is 3.52. The Kier molecular flexibility index (Phi) is 6.21. The van der Waals surface area contributed by atoms with E-state index in [1.54, 1.807) is 6.92 Å². The second-order valence-electron chi connectivity index (χ2n) is 3.52. The normalized spacial score (nSPS) is 10.0. The molecule has 0 aliphatic rings. The lowest BCUT2D eigenvalue weighted by molar-refractivity contribution is -0.141. The first-order valence-electron chi connectivity index (χ1n) is 5.76. The molecule has 0 aliphatic carbocycles. The van der Waals surface area contributed by atoms with Crippen molar-refractivity contribution in [2.45, 2.75) is 13.5 Å². The van der Waals surface area contributed by atoms with E-state index in [4.69, 9.17) is 0 Å². The first kappa shape index (κ1) is 15.7. The molecule has 0 atom stereocenters. The van der Waals surface area contributed by atoms with Crippen molar-refractivity contribution in [2.75, 3.05) is 18.5 Å². The zero-order valence-electron chi connectivity index (χ0n) is 10.7. The predicted octanol–water partition coefficient (Wildman–Crippen LogP) is 1.97. The average Bonchev–Trinajstić information content (AvgIpc) is 2.38. The predicted molar refractivity (Wildman–Crippen MR) is 66.7 cm³/mol. The van der Waals surface area contributed by atoms with E-state index >= 15 is 0 Å². The van der Waals surface area contributed by atoms with E-state index in [9.17, 15) is 18.4 Å². The van der Waals surface area contributed by atoms with E-state index < -0.39 is 18.6 Å². The maximum Gasteiger partial charge on any atom is 0.387 e.